The van der Waals surface area contributed by atoms with Crippen molar-refractivity contribution >= 4 is 17.6 Å². The van der Waals surface area contributed by atoms with Crippen LogP contribution in [-0.4, -0.2) is 53.5 Å². The van der Waals surface area contributed by atoms with Gasteiger partial charge in [0.2, 0.25) is 5.91 Å². The third-order valence-corrected chi connectivity index (χ3v) is 3.24. The summed E-state index contributed by atoms with van der Waals surface area (Å²) in [6.07, 6.45) is 3.62. The van der Waals surface area contributed by atoms with Gasteiger partial charge in [0.05, 0.1) is 18.4 Å². The molecule has 1 aromatic heterocycles. The molecule has 6 nitrogen and oxygen atoms in total. The molecule has 0 aromatic carbocycles. The SMILES string of the molecule is CN(CC(=O)N1CCCC1)c1ccc(C(=O)O)nc1. The second-order valence-corrected chi connectivity index (χ2v) is 4.65. The molecule has 19 heavy (non-hydrogen) atoms. The maximum absolute atomic E-state index is 12.0. The number of likely N-dealkylation sites (tertiary alicyclic amines) is 1. The van der Waals surface area contributed by atoms with Crippen LogP contribution < -0.4 is 4.90 Å². The van der Waals surface area contributed by atoms with E-state index in [9.17, 15) is 9.59 Å². The Bertz CT molecular complexity index is 467. The molecule has 102 valence electrons. The molecule has 0 atom stereocenters. The fraction of sp³-hybridized carbons (Fsp3) is 0.462. The van der Waals surface area contributed by atoms with Crippen molar-refractivity contribution in [3.63, 3.8) is 0 Å². The van der Waals surface area contributed by atoms with Crippen LogP contribution in [0.3, 0.4) is 0 Å². The van der Waals surface area contributed by atoms with E-state index in [2.05, 4.69) is 4.98 Å². The zero-order valence-corrected chi connectivity index (χ0v) is 10.9. The molecule has 1 fully saturated rings. The summed E-state index contributed by atoms with van der Waals surface area (Å²) in [6.45, 7) is 1.96. The molecule has 1 aliphatic heterocycles. The first kappa shape index (κ1) is 13.3. The lowest BCUT2D eigenvalue weighted by Crippen LogP contribution is -2.37. The van der Waals surface area contributed by atoms with E-state index in [0.29, 0.717) is 0 Å². The Kier molecular flexibility index (Phi) is 3.99. The molecular formula is C13H17N3O3. The van der Waals surface area contributed by atoms with Crippen LogP contribution in [0.2, 0.25) is 0 Å². The molecule has 6 heteroatoms. The van der Waals surface area contributed by atoms with Gasteiger partial charge in [-0.25, -0.2) is 9.78 Å². The predicted octanol–water partition coefficient (Wildman–Crippen LogP) is 0.838. The Balaban J connectivity index is 1.97. The van der Waals surface area contributed by atoms with Crippen LogP contribution in [0.1, 0.15) is 23.3 Å². The van der Waals surface area contributed by atoms with E-state index >= 15 is 0 Å². The van der Waals surface area contributed by atoms with Crippen molar-refractivity contribution < 1.29 is 14.7 Å². The molecule has 1 N–H and O–H groups in total. The van der Waals surface area contributed by atoms with Gasteiger partial charge in [-0.2, -0.15) is 0 Å². The van der Waals surface area contributed by atoms with Gasteiger partial charge in [0.1, 0.15) is 5.69 Å². The van der Waals surface area contributed by atoms with Crippen LogP contribution in [0.4, 0.5) is 5.69 Å². The molecule has 1 aliphatic rings. The first-order chi connectivity index (χ1) is 9.08. The summed E-state index contributed by atoms with van der Waals surface area (Å²) in [5.41, 5.74) is 0.737. The highest BCUT2D eigenvalue weighted by atomic mass is 16.4. The third kappa shape index (κ3) is 3.21. The second-order valence-electron chi connectivity index (χ2n) is 4.65. The average Bonchev–Trinajstić information content (AvgIpc) is 2.92. The van der Waals surface area contributed by atoms with Gasteiger partial charge < -0.3 is 14.9 Å². The molecular weight excluding hydrogens is 246 g/mol. The van der Waals surface area contributed by atoms with Crippen LogP contribution in [0, 0.1) is 0 Å². The number of amides is 1. The zero-order valence-electron chi connectivity index (χ0n) is 10.9. The number of anilines is 1. The van der Waals surface area contributed by atoms with Crippen LogP contribution in [-0.2, 0) is 4.79 Å². The van der Waals surface area contributed by atoms with Crippen molar-refractivity contribution in [2.24, 2.45) is 0 Å². The number of aromatic nitrogens is 1. The number of rotatable bonds is 4. The molecule has 0 saturated carbocycles. The van der Waals surface area contributed by atoms with E-state index in [4.69, 9.17) is 5.11 Å². The molecule has 0 aliphatic carbocycles. The Morgan fingerprint density at radius 2 is 2.05 bits per heavy atom. The quantitative estimate of drug-likeness (QED) is 0.871. The van der Waals surface area contributed by atoms with Crippen LogP contribution >= 0.6 is 0 Å². The van der Waals surface area contributed by atoms with Gasteiger partial charge in [-0.05, 0) is 25.0 Å². The number of carbonyl (C=O) groups excluding carboxylic acids is 1. The maximum Gasteiger partial charge on any atom is 0.354 e. The average molecular weight is 263 g/mol. The van der Waals surface area contributed by atoms with E-state index in [0.717, 1.165) is 31.6 Å². The molecule has 0 radical (unpaired) electrons. The van der Waals surface area contributed by atoms with Gasteiger partial charge in [0, 0.05) is 20.1 Å². The van der Waals surface area contributed by atoms with E-state index < -0.39 is 5.97 Å². The lowest BCUT2D eigenvalue weighted by atomic mass is 10.3. The molecule has 1 amide bonds. The zero-order chi connectivity index (χ0) is 13.8. The highest BCUT2D eigenvalue weighted by molar-refractivity contribution is 5.86. The minimum Gasteiger partial charge on any atom is -0.477 e. The summed E-state index contributed by atoms with van der Waals surface area (Å²) < 4.78 is 0. The Labute approximate surface area is 111 Å². The summed E-state index contributed by atoms with van der Waals surface area (Å²) >= 11 is 0. The first-order valence-electron chi connectivity index (χ1n) is 6.26. The number of carboxylic acid groups (broad SMARTS) is 1. The standard InChI is InChI=1S/C13H17N3O3/c1-15(9-12(17)16-6-2-3-7-16)10-4-5-11(13(18)19)14-8-10/h4-5,8H,2-3,6-7,9H2,1H3,(H,18,19). The van der Waals surface area contributed by atoms with E-state index in [1.165, 1.54) is 12.3 Å². The largest absolute Gasteiger partial charge is 0.477 e. The number of nitrogens with zero attached hydrogens (tertiary/aromatic N) is 3. The third-order valence-electron chi connectivity index (χ3n) is 3.24. The van der Waals surface area contributed by atoms with Gasteiger partial charge >= 0.3 is 5.97 Å². The van der Waals surface area contributed by atoms with Crippen molar-refractivity contribution in [1.29, 1.82) is 0 Å². The van der Waals surface area contributed by atoms with E-state index in [-0.39, 0.29) is 18.1 Å². The number of carboxylic acids is 1. The van der Waals surface area contributed by atoms with Gasteiger partial charge in [-0.3, -0.25) is 4.79 Å². The minimum absolute atomic E-state index is 0.00280. The molecule has 0 bridgehead atoms. The highest BCUT2D eigenvalue weighted by Gasteiger charge is 2.19. The van der Waals surface area contributed by atoms with E-state index in [1.54, 1.807) is 18.0 Å². The molecule has 1 aromatic rings. The van der Waals surface area contributed by atoms with Gasteiger partial charge in [-0.15, -0.1) is 0 Å². The van der Waals surface area contributed by atoms with Crippen LogP contribution in [0.15, 0.2) is 18.3 Å². The monoisotopic (exact) mass is 263 g/mol. The summed E-state index contributed by atoms with van der Waals surface area (Å²) in [5, 5.41) is 8.77. The van der Waals surface area contributed by atoms with Gasteiger partial charge in [-0.1, -0.05) is 0 Å². The number of pyridine rings is 1. The normalized spacial score (nSPS) is 14.5. The molecule has 0 unspecified atom stereocenters. The topological polar surface area (TPSA) is 73.7 Å². The predicted molar refractivity (Wildman–Crippen MR) is 70.3 cm³/mol. The molecule has 2 rings (SSSR count). The summed E-state index contributed by atoms with van der Waals surface area (Å²) in [6, 6.07) is 3.10. The fourth-order valence-electron chi connectivity index (χ4n) is 2.10. The van der Waals surface area contributed by atoms with Crippen LogP contribution in [0.5, 0.6) is 0 Å². The Hall–Kier alpha value is -2.11. The Morgan fingerprint density at radius 3 is 2.58 bits per heavy atom. The van der Waals surface area contributed by atoms with E-state index in [1.807, 2.05) is 4.90 Å². The second kappa shape index (κ2) is 5.69. The molecule has 1 saturated heterocycles. The van der Waals surface area contributed by atoms with Gasteiger partial charge in [0.25, 0.3) is 0 Å². The summed E-state index contributed by atoms with van der Waals surface area (Å²) in [4.78, 5) is 30.1. The molecule has 2 heterocycles. The van der Waals surface area contributed by atoms with Crippen molar-refractivity contribution in [2.75, 3.05) is 31.6 Å². The number of hydrogen-bond acceptors (Lipinski definition) is 4. The maximum atomic E-state index is 12.0. The smallest absolute Gasteiger partial charge is 0.354 e. The minimum atomic E-state index is -1.05. The van der Waals surface area contributed by atoms with Crippen LogP contribution in [0.25, 0.3) is 0 Å². The first-order valence-corrected chi connectivity index (χ1v) is 6.26. The number of carbonyl (C=O) groups is 2. The number of hydrogen-bond donors (Lipinski definition) is 1. The highest BCUT2D eigenvalue weighted by Crippen LogP contribution is 2.13. The van der Waals surface area contributed by atoms with Crippen molar-refractivity contribution in [3.8, 4) is 0 Å². The van der Waals surface area contributed by atoms with Crippen molar-refractivity contribution in [3.05, 3.63) is 24.0 Å². The summed E-state index contributed by atoms with van der Waals surface area (Å²) in [5.74, 6) is -0.954. The summed E-state index contributed by atoms with van der Waals surface area (Å²) in [7, 11) is 1.80. The van der Waals surface area contributed by atoms with Crippen molar-refractivity contribution in [2.45, 2.75) is 12.8 Å². The van der Waals surface area contributed by atoms with Gasteiger partial charge in [0.15, 0.2) is 0 Å². The van der Waals surface area contributed by atoms with Crippen molar-refractivity contribution in [1.82, 2.24) is 9.88 Å². The lowest BCUT2D eigenvalue weighted by molar-refractivity contribution is -0.128. The fourth-order valence-corrected chi connectivity index (χ4v) is 2.10. The molecule has 0 spiro atoms. The number of aromatic carboxylic acids is 1. The lowest BCUT2D eigenvalue weighted by Gasteiger charge is -2.22. The Morgan fingerprint density at radius 1 is 1.37 bits per heavy atom. The number of likely N-dealkylation sites (N-methyl/N-ethyl adjacent to an activating group) is 1.